The molecule has 4 rings (SSSR count). The summed E-state index contributed by atoms with van der Waals surface area (Å²) in [6.07, 6.45) is 4.64. The Balaban J connectivity index is 1.92. The summed E-state index contributed by atoms with van der Waals surface area (Å²) in [6.45, 7) is 0. The van der Waals surface area contributed by atoms with Gasteiger partial charge in [0.25, 0.3) is 0 Å². The van der Waals surface area contributed by atoms with E-state index in [2.05, 4.69) is 9.88 Å². The fraction of sp³-hybridized carbons (Fsp3) is 0.300. The van der Waals surface area contributed by atoms with Gasteiger partial charge in [0.15, 0.2) is 5.82 Å². The molecule has 0 aliphatic heterocycles. The van der Waals surface area contributed by atoms with Crippen LogP contribution < -0.4 is 4.90 Å². The second-order valence-electron chi connectivity index (χ2n) is 6.60. The smallest absolute Gasteiger partial charge is 0.165 e. The largest absolute Gasteiger partial charge is 0.507 e. The maximum atomic E-state index is 13.8. The fourth-order valence-electron chi connectivity index (χ4n) is 3.60. The van der Waals surface area contributed by atoms with E-state index in [4.69, 9.17) is 4.98 Å². The summed E-state index contributed by atoms with van der Waals surface area (Å²) in [6, 6.07) is 12.0. The van der Waals surface area contributed by atoms with Gasteiger partial charge in [-0.15, -0.1) is 0 Å². The van der Waals surface area contributed by atoms with E-state index in [1.165, 1.54) is 25.0 Å². The highest BCUT2D eigenvalue weighted by Gasteiger charge is 2.23. The van der Waals surface area contributed by atoms with Gasteiger partial charge in [-0.1, -0.05) is 25.0 Å². The number of rotatable bonds is 3. The minimum absolute atomic E-state index is 0.137. The molecule has 0 amide bonds. The highest BCUT2D eigenvalue weighted by molar-refractivity contribution is 5.91. The lowest BCUT2D eigenvalue weighted by molar-refractivity contribution is 0.477. The molecule has 1 saturated carbocycles. The molecule has 0 atom stereocenters. The average molecular weight is 337 g/mol. The van der Waals surface area contributed by atoms with Crippen LogP contribution in [0.2, 0.25) is 0 Å². The first kappa shape index (κ1) is 15.8. The summed E-state index contributed by atoms with van der Waals surface area (Å²) in [5.41, 5.74) is 1.25. The molecule has 1 aliphatic rings. The van der Waals surface area contributed by atoms with Gasteiger partial charge in [-0.3, -0.25) is 0 Å². The Morgan fingerprint density at radius 2 is 1.84 bits per heavy atom. The van der Waals surface area contributed by atoms with Gasteiger partial charge in [0.1, 0.15) is 17.4 Å². The van der Waals surface area contributed by atoms with Crippen molar-refractivity contribution in [1.29, 1.82) is 0 Å². The van der Waals surface area contributed by atoms with Crippen molar-refractivity contribution in [3.8, 4) is 17.1 Å². The Kier molecular flexibility index (Phi) is 3.99. The number of benzene rings is 2. The quantitative estimate of drug-likeness (QED) is 0.763. The van der Waals surface area contributed by atoms with Gasteiger partial charge in [0, 0.05) is 18.5 Å². The maximum absolute atomic E-state index is 13.8. The first-order valence-electron chi connectivity index (χ1n) is 8.62. The van der Waals surface area contributed by atoms with Crippen molar-refractivity contribution in [1.82, 2.24) is 9.97 Å². The van der Waals surface area contributed by atoms with Gasteiger partial charge < -0.3 is 10.0 Å². The molecular formula is C20H20FN3O. The first-order valence-corrected chi connectivity index (χ1v) is 8.62. The summed E-state index contributed by atoms with van der Waals surface area (Å²) in [5, 5.41) is 10.9. The number of halogens is 1. The van der Waals surface area contributed by atoms with Gasteiger partial charge in [0.05, 0.1) is 11.1 Å². The molecule has 3 aromatic rings. The third-order valence-electron chi connectivity index (χ3n) is 4.99. The van der Waals surface area contributed by atoms with Crippen molar-refractivity contribution in [2.24, 2.45) is 0 Å². The van der Waals surface area contributed by atoms with Gasteiger partial charge in [-0.05, 0) is 43.2 Å². The Morgan fingerprint density at radius 1 is 1.08 bits per heavy atom. The molecule has 1 aromatic heterocycles. The second kappa shape index (κ2) is 6.31. The molecule has 4 nitrogen and oxygen atoms in total. The Labute approximate surface area is 146 Å². The molecule has 0 unspecified atom stereocenters. The van der Waals surface area contributed by atoms with E-state index in [9.17, 15) is 9.50 Å². The van der Waals surface area contributed by atoms with Gasteiger partial charge in [0.2, 0.25) is 0 Å². The molecule has 128 valence electrons. The van der Waals surface area contributed by atoms with Crippen molar-refractivity contribution < 1.29 is 9.50 Å². The van der Waals surface area contributed by atoms with E-state index in [0.717, 1.165) is 18.7 Å². The van der Waals surface area contributed by atoms with Crippen LogP contribution in [0, 0.1) is 5.82 Å². The topological polar surface area (TPSA) is 49.2 Å². The van der Waals surface area contributed by atoms with Crippen LogP contribution in [0.5, 0.6) is 5.75 Å². The third-order valence-corrected chi connectivity index (χ3v) is 4.99. The van der Waals surface area contributed by atoms with E-state index in [-0.39, 0.29) is 11.6 Å². The van der Waals surface area contributed by atoms with Gasteiger partial charge in [-0.2, -0.15) is 0 Å². The van der Waals surface area contributed by atoms with Gasteiger partial charge >= 0.3 is 0 Å². The SMILES string of the molecule is CN(c1nc(-c2ccccc2O)nc2ccc(F)cc12)C1CCCC1. The lowest BCUT2D eigenvalue weighted by Crippen LogP contribution is -2.30. The zero-order valence-corrected chi connectivity index (χ0v) is 14.1. The summed E-state index contributed by atoms with van der Waals surface area (Å²) >= 11 is 0. The number of hydrogen-bond donors (Lipinski definition) is 1. The maximum Gasteiger partial charge on any atom is 0.165 e. The number of nitrogens with zero attached hydrogens (tertiary/aromatic N) is 3. The minimum Gasteiger partial charge on any atom is -0.507 e. The number of phenolic OH excluding ortho intramolecular Hbond substituents is 1. The summed E-state index contributed by atoms with van der Waals surface area (Å²) in [7, 11) is 2.01. The van der Waals surface area contributed by atoms with Crippen LogP contribution in [-0.2, 0) is 0 Å². The number of aromatic hydroxyl groups is 1. The second-order valence-corrected chi connectivity index (χ2v) is 6.60. The number of para-hydroxylation sites is 1. The van der Waals surface area contributed by atoms with Crippen molar-refractivity contribution in [2.45, 2.75) is 31.7 Å². The Hall–Kier alpha value is -2.69. The lowest BCUT2D eigenvalue weighted by atomic mass is 10.1. The molecule has 0 bridgehead atoms. The molecule has 25 heavy (non-hydrogen) atoms. The molecular weight excluding hydrogens is 317 g/mol. The number of fused-ring (bicyclic) bond motifs is 1. The van der Waals surface area contributed by atoms with E-state index >= 15 is 0 Å². The zero-order valence-electron chi connectivity index (χ0n) is 14.1. The van der Waals surface area contributed by atoms with E-state index in [1.54, 1.807) is 24.3 Å². The molecule has 0 spiro atoms. The molecule has 1 aliphatic carbocycles. The van der Waals surface area contributed by atoms with Crippen LogP contribution in [0.1, 0.15) is 25.7 Å². The standard InChI is InChI=1S/C20H20FN3O/c1-24(14-6-2-3-7-14)20-16-12-13(21)10-11-17(16)22-19(23-20)15-8-4-5-9-18(15)25/h4-5,8-12,14,25H,2-3,6-7H2,1H3. The molecule has 2 aromatic carbocycles. The molecule has 1 fully saturated rings. The van der Waals surface area contributed by atoms with Crippen molar-refractivity contribution in [3.05, 3.63) is 48.3 Å². The predicted octanol–water partition coefficient (Wildman–Crippen LogP) is 4.52. The predicted molar refractivity (Wildman–Crippen MR) is 97.3 cm³/mol. The third kappa shape index (κ3) is 2.90. The van der Waals surface area contributed by atoms with E-state index in [1.807, 2.05) is 13.1 Å². The normalized spacial score (nSPS) is 15.0. The van der Waals surface area contributed by atoms with Crippen molar-refractivity contribution in [2.75, 3.05) is 11.9 Å². The lowest BCUT2D eigenvalue weighted by Gasteiger charge is -2.27. The van der Waals surface area contributed by atoms with Crippen LogP contribution >= 0.6 is 0 Å². The molecule has 0 saturated heterocycles. The summed E-state index contributed by atoms with van der Waals surface area (Å²) in [5.74, 6) is 1.01. The highest BCUT2D eigenvalue weighted by Crippen LogP contribution is 2.34. The van der Waals surface area contributed by atoms with Crippen LogP contribution in [0.4, 0.5) is 10.2 Å². The number of aromatic nitrogens is 2. The van der Waals surface area contributed by atoms with E-state index in [0.29, 0.717) is 28.3 Å². The first-order chi connectivity index (χ1) is 12.1. The number of phenols is 1. The number of hydrogen-bond acceptors (Lipinski definition) is 4. The Morgan fingerprint density at radius 3 is 2.60 bits per heavy atom. The van der Waals surface area contributed by atoms with Crippen LogP contribution in [0.3, 0.4) is 0 Å². The van der Waals surface area contributed by atoms with Crippen molar-refractivity contribution in [3.63, 3.8) is 0 Å². The monoisotopic (exact) mass is 337 g/mol. The Bertz CT molecular complexity index is 922. The number of anilines is 1. The highest BCUT2D eigenvalue weighted by atomic mass is 19.1. The van der Waals surface area contributed by atoms with E-state index < -0.39 is 0 Å². The summed E-state index contributed by atoms with van der Waals surface area (Å²) < 4.78 is 13.8. The molecule has 1 N–H and O–H groups in total. The van der Waals surface area contributed by atoms with Crippen LogP contribution in [0.25, 0.3) is 22.3 Å². The fourth-order valence-corrected chi connectivity index (χ4v) is 3.60. The molecule has 1 heterocycles. The van der Waals surface area contributed by atoms with Crippen molar-refractivity contribution >= 4 is 16.7 Å². The zero-order chi connectivity index (χ0) is 17.4. The summed E-state index contributed by atoms with van der Waals surface area (Å²) in [4.78, 5) is 11.4. The molecule has 5 heteroatoms. The average Bonchev–Trinajstić information content (AvgIpc) is 3.15. The van der Waals surface area contributed by atoms with Crippen LogP contribution in [-0.4, -0.2) is 28.2 Å². The minimum atomic E-state index is -0.299. The molecule has 0 radical (unpaired) electrons. The van der Waals surface area contributed by atoms with Gasteiger partial charge in [-0.25, -0.2) is 14.4 Å². The van der Waals surface area contributed by atoms with Crippen LogP contribution in [0.15, 0.2) is 42.5 Å².